The van der Waals surface area contributed by atoms with Crippen LogP contribution in [-0.4, -0.2) is 36.0 Å². The van der Waals surface area contributed by atoms with Crippen molar-refractivity contribution < 1.29 is 14.7 Å². The van der Waals surface area contributed by atoms with E-state index in [-0.39, 0.29) is 5.91 Å². The molecule has 0 aromatic heterocycles. The van der Waals surface area contributed by atoms with Crippen LogP contribution in [0.4, 0.5) is 0 Å². The molecule has 1 amide bonds. The summed E-state index contributed by atoms with van der Waals surface area (Å²) in [6.45, 7) is 1.69. The lowest BCUT2D eigenvalue weighted by Crippen LogP contribution is -2.52. The van der Waals surface area contributed by atoms with Crippen molar-refractivity contribution in [3.05, 3.63) is 29.8 Å². The number of benzene rings is 1. The maximum atomic E-state index is 12.2. The maximum Gasteiger partial charge on any atom is 0.275 e. The normalized spacial score (nSPS) is 23.2. The van der Waals surface area contributed by atoms with E-state index in [1.54, 1.807) is 45.3 Å². The summed E-state index contributed by atoms with van der Waals surface area (Å²) in [7, 11) is 3.12. The van der Waals surface area contributed by atoms with E-state index in [1.807, 2.05) is 0 Å². The molecule has 2 rings (SSSR count). The number of hydroxylamine groups is 1. The highest BCUT2D eigenvalue weighted by atomic mass is 16.5. The van der Waals surface area contributed by atoms with Crippen molar-refractivity contribution in [2.75, 3.05) is 14.2 Å². The molecule has 0 saturated carbocycles. The van der Waals surface area contributed by atoms with Gasteiger partial charge in [0.15, 0.2) is 5.54 Å². The largest absolute Gasteiger partial charge is 0.497 e. The molecule has 6 heteroatoms. The van der Waals surface area contributed by atoms with Gasteiger partial charge in [0.25, 0.3) is 5.91 Å². The Bertz CT molecular complexity index is 498. The number of amides is 1. The molecule has 0 spiro atoms. The maximum absolute atomic E-state index is 12.2. The fourth-order valence-electron chi connectivity index (χ4n) is 2.11. The second-order valence-electron chi connectivity index (χ2n) is 4.10. The number of methoxy groups -OCH3 is 1. The summed E-state index contributed by atoms with van der Waals surface area (Å²) in [5.74, 6) is 0.355. The molecule has 1 aliphatic heterocycles. The second-order valence-corrected chi connectivity index (χ2v) is 4.10. The zero-order valence-electron chi connectivity index (χ0n) is 10.5. The quantitative estimate of drug-likeness (QED) is 0.774. The number of hydrazone groups is 1. The van der Waals surface area contributed by atoms with Gasteiger partial charge in [-0.2, -0.15) is 10.6 Å². The van der Waals surface area contributed by atoms with Crippen LogP contribution in [0.1, 0.15) is 12.5 Å². The van der Waals surface area contributed by atoms with E-state index in [4.69, 9.17) is 4.74 Å². The van der Waals surface area contributed by atoms with E-state index in [2.05, 4.69) is 10.6 Å². The molecule has 0 bridgehead atoms. The Morgan fingerprint density at radius 2 is 2.00 bits per heavy atom. The van der Waals surface area contributed by atoms with Crippen LogP contribution in [0.15, 0.2) is 29.4 Å². The molecule has 96 valence electrons. The zero-order chi connectivity index (χ0) is 13.3. The number of hydrogen-bond donors (Lipinski definition) is 2. The van der Waals surface area contributed by atoms with E-state index in [0.29, 0.717) is 17.0 Å². The average Bonchev–Trinajstić information content (AvgIpc) is 2.61. The van der Waals surface area contributed by atoms with Crippen LogP contribution in [0.2, 0.25) is 0 Å². The van der Waals surface area contributed by atoms with Crippen molar-refractivity contribution in [2.24, 2.45) is 5.10 Å². The SMILES string of the molecule is COc1ccc(C2(NO)C(=O)N(C)N=C2C)cc1. The molecule has 0 fully saturated rings. The molecule has 1 atom stereocenters. The van der Waals surface area contributed by atoms with Crippen LogP contribution in [0, 0.1) is 0 Å². The van der Waals surface area contributed by atoms with Gasteiger partial charge in [0, 0.05) is 7.05 Å². The number of carbonyl (C=O) groups is 1. The van der Waals surface area contributed by atoms with Crippen LogP contribution in [0.3, 0.4) is 0 Å². The molecule has 1 heterocycles. The summed E-state index contributed by atoms with van der Waals surface area (Å²) in [6, 6.07) is 6.90. The van der Waals surface area contributed by atoms with Crippen molar-refractivity contribution in [2.45, 2.75) is 12.5 Å². The molecule has 0 radical (unpaired) electrons. The molecular weight excluding hydrogens is 234 g/mol. The van der Waals surface area contributed by atoms with E-state index >= 15 is 0 Å². The monoisotopic (exact) mass is 249 g/mol. The Labute approximate surface area is 105 Å². The average molecular weight is 249 g/mol. The van der Waals surface area contributed by atoms with Gasteiger partial charge in [0.1, 0.15) is 5.75 Å². The lowest BCUT2D eigenvalue weighted by Gasteiger charge is -2.26. The Balaban J connectivity index is 2.50. The van der Waals surface area contributed by atoms with Gasteiger partial charge in [0.2, 0.25) is 0 Å². The fraction of sp³-hybridized carbons (Fsp3) is 0.333. The summed E-state index contributed by atoms with van der Waals surface area (Å²) in [6.07, 6.45) is 0. The smallest absolute Gasteiger partial charge is 0.275 e. The van der Waals surface area contributed by atoms with Crippen molar-refractivity contribution in [3.8, 4) is 5.75 Å². The highest BCUT2D eigenvalue weighted by molar-refractivity contribution is 6.15. The minimum absolute atomic E-state index is 0.326. The number of nitrogens with one attached hydrogen (secondary N) is 1. The zero-order valence-corrected chi connectivity index (χ0v) is 10.5. The molecule has 1 aliphatic rings. The third-order valence-electron chi connectivity index (χ3n) is 3.15. The first-order valence-corrected chi connectivity index (χ1v) is 5.46. The van der Waals surface area contributed by atoms with Gasteiger partial charge < -0.3 is 9.94 Å². The topological polar surface area (TPSA) is 74.2 Å². The minimum atomic E-state index is -1.30. The van der Waals surface area contributed by atoms with E-state index in [9.17, 15) is 10.0 Å². The van der Waals surface area contributed by atoms with Crippen LogP contribution in [0.5, 0.6) is 5.75 Å². The second kappa shape index (κ2) is 4.40. The van der Waals surface area contributed by atoms with Gasteiger partial charge in [0.05, 0.1) is 12.8 Å². The fourth-order valence-corrected chi connectivity index (χ4v) is 2.11. The lowest BCUT2D eigenvalue weighted by molar-refractivity contribution is -0.136. The summed E-state index contributed by atoms with van der Waals surface area (Å²) < 4.78 is 5.06. The number of ether oxygens (including phenoxy) is 1. The van der Waals surface area contributed by atoms with Gasteiger partial charge in [-0.15, -0.1) is 0 Å². The first-order chi connectivity index (χ1) is 8.56. The standard InChI is InChI=1S/C12H15N3O3/c1-8-12(14-17,11(16)15(2)13-8)9-4-6-10(18-3)7-5-9/h4-7,14,17H,1-3H3. The van der Waals surface area contributed by atoms with E-state index in [0.717, 1.165) is 0 Å². The number of nitrogens with zero attached hydrogens (tertiary/aromatic N) is 2. The van der Waals surface area contributed by atoms with Crippen LogP contribution >= 0.6 is 0 Å². The Morgan fingerprint density at radius 1 is 1.39 bits per heavy atom. The van der Waals surface area contributed by atoms with Crippen LogP contribution in [0.25, 0.3) is 0 Å². The van der Waals surface area contributed by atoms with Crippen molar-refractivity contribution in [3.63, 3.8) is 0 Å². The Morgan fingerprint density at radius 3 is 2.39 bits per heavy atom. The number of carbonyl (C=O) groups excluding carboxylic acids is 1. The summed E-state index contributed by atoms with van der Waals surface area (Å²) >= 11 is 0. The lowest BCUT2D eigenvalue weighted by atomic mass is 9.86. The summed E-state index contributed by atoms with van der Waals surface area (Å²) in [4.78, 5) is 12.2. The van der Waals surface area contributed by atoms with Crippen molar-refractivity contribution in [1.29, 1.82) is 0 Å². The third-order valence-corrected chi connectivity index (χ3v) is 3.15. The molecule has 2 N–H and O–H groups in total. The highest BCUT2D eigenvalue weighted by Gasteiger charge is 2.49. The number of likely N-dealkylation sites (N-methyl/N-ethyl adjacent to an activating group) is 1. The summed E-state index contributed by atoms with van der Waals surface area (Å²) in [5.41, 5.74) is 1.89. The Kier molecular flexibility index (Phi) is 3.06. The molecule has 18 heavy (non-hydrogen) atoms. The molecule has 1 aromatic rings. The van der Waals surface area contributed by atoms with Gasteiger partial charge in [-0.1, -0.05) is 12.1 Å². The predicted molar refractivity (Wildman–Crippen MR) is 65.5 cm³/mol. The van der Waals surface area contributed by atoms with Gasteiger partial charge in [-0.3, -0.25) is 4.79 Å². The predicted octanol–water partition coefficient (Wildman–Crippen LogP) is 0.717. The molecule has 1 unspecified atom stereocenters. The van der Waals surface area contributed by atoms with Gasteiger partial charge >= 0.3 is 0 Å². The van der Waals surface area contributed by atoms with Crippen LogP contribution < -0.4 is 10.2 Å². The minimum Gasteiger partial charge on any atom is -0.497 e. The molecule has 0 aliphatic carbocycles. The molecular formula is C12H15N3O3. The van der Waals surface area contributed by atoms with E-state index in [1.165, 1.54) is 5.01 Å². The first kappa shape index (κ1) is 12.5. The van der Waals surface area contributed by atoms with Crippen molar-refractivity contribution in [1.82, 2.24) is 10.5 Å². The van der Waals surface area contributed by atoms with Crippen molar-refractivity contribution >= 4 is 11.6 Å². The molecule has 6 nitrogen and oxygen atoms in total. The Hall–Kier alpha value is -1.92. The highest BCUT2D eigenvalue weighted by Crippen LogP contribution is 2.31. The van der Waals surface area contributed by atoms with Gasteiger partial charge in [-0.25, -0.2) is 5.01 Å². The van der Waals surface area contributed by atoms with Crippen LogP contribution in [-0.2, 0) is 10.3 Å². The molecule has 1 aromatic carbocycles. The first-order valence-electron chi connectivity index (χ1n) is 5.46. The number of hydrogen-bond acceptors (Lipinski definition) is 5. The van der Waals surface area contributed by atoms with E-state index < -0.39 is 5.54 Å². The number of rotatable bonds is 3. The molecule has 0 saturated heterocycles. The third kappa shape index (κ3) is 1.58. The van der Waals surface area contributed by atoms with Gasteiger partial charge in [-0.05, 0) is 24.6 Å². The summed E-state index contributed by atoms with van der Waals surface area (Å²) in [5, 5.41) is 14.7.